The summed E-state index contributed by atoms with van der Waals surface area (Å²) in [5.41, 5.74) is -3.60. The van der Waals surface area contributed by atoms with E-state index in [-0.39, 0.29) is 23.4 Å². The number of amides is 1. The van der Waals surface area contributed by atoms with E-state index in [1.54, 1.807) is 59.5 Å². The number of halogens is 6. The molecule has 0 spiro atoms. The Balaban J connectivity index is 1.49. The fourth-order valence-corrected chi connectivity index (χ4v) is 5.13. The zero-order valence-electron chi connectivity index (χ0n) is 24.2. The normalized spacial score (nSPS) is 14.9. The van der Waals surface area contributed by atoms with Gasteiger partial charge in [-0.2, -0.15) is 31.5 Å². The molecular weight excluding hydrogens is 602 g/mol. The number of nitrogens with one attached hydrogen (secondary N) is 1. The molecule has 1 aromatic heterocycles. The number of hydrogen-bond donors (Lipinski definition) is 1. The third kappa shape index (κ3) is 7.00. The minimum atomic E-state index is -5.07. The third-order valence-electron chi connectivity index (χ3n) is 7.62. The highest BCUT2D eigenvalue weighted by atomic mass is 19.4. The highest BCUT2D eigenvalue weighted by molar-refractivity contribution is 5.94. The van der Waals surface area contributed by atoms with Crippen molar-refractivity contribution in [3.8, 4) is 16.9 Å². The Morgan fingerprint density at radius 1 is 0.844 bits per heavy atom. The molecule has 2 heterocycles. The van der Waals surface area contributed by atoms with E-state index in [1.165, 1.54) is 0 Å². The molecule has 0 saturated carbocycles. The summed E-state index contributed by atoms with van der Waals surface area (Å²) in [5, 5.41) is 10.4. The maximum Gasteiger partial charge on any atom is 0.416 e. The molecule has 1 fully saturated rings. The second kappa shape index (κ2) is 12.3. The molecule has 0 unspecified atom stereocenters. The predicted octanol–water partition coefficient (Wildman–Crippen LogP) is 7.45. The lowest BCUT2D eigenvalue weighted by molar-refractivity contribution is -0.143. The molecule has 14 heteroatoms. The predicted molar refractivity (Wildman–Crippen MR) is 155 cm³/mol. The van der Waals surface area contributed by atoms with Gasteiger partial charge in [-0.25, -0.2) is 4.68 Å². The van der Waals surface area contributed by atoms with Gasteiger partial charge in [0.2, 0.25) is 0 Å². The standard InChI is InChI=1S/C31H28F6N6O2/c1-41(2)24-12-14-42(15-13-24)28(44)20-8-10-25(11-9-20)43-29(45)27(26(40-43)19-6-4-3-5-7-19)39-38-23-17-21(30(32,33)34)16-22(18-23)31(35,36)37/h3-11,16-18,24,40H,12-15H2,1-2H3. The fraction of sp³-hybridized carbons (Fsp3) is 0.290. The van der Waals surface area contributed by atoms with Crippen LogP contribution in [-0.4, -0.2) is 58.7 Å². The monoisotopic (exact) mass is 630 g/mol. The first-order valence-electron chi connectivity index (χ1n) is 13.9. The van der Waals surface area contributed by atoms with Gasteiger partial charge in [-0.1, -0.05) is 30.3 Å². The number of alkyl halides is 6. The number of azo groups is 1. The van der Waals surface area contributed by atoms with Crippen molar-refractivity contribution in [2.24, 2.45) is 10.2 Å². The van der Waals surface area contributed by atoms with Crippen molar-refractivity contribution < 1.29 is 31.1 Å². The number of carbonyl (C=O) groups is 1. The minimum Gasteiger partial charge on any atom is -0.339 e. The molecule has 1 amide bonds. The van der Waals surface area contributed by atoms with E-state index in [0.29, 0.717) is 48.1 Å². The van der Waals surface area contributed by atoms with Gasteiger partial charge < -0.3 is 9.80 Å². The molecule has 4 aromatic rings. The van der Waals surface area contributed by atoms with Crippen molar-refractivity contribution in [2.45, 2.75) is 31.2 Å². The van der Waals surface area contributed by atoms with E-state index in [2.05, 4.69) is 20.2 Å². The van der Waals surface area contributed by atoms with E-state index in [4.69, 9.17) is 0 Å². The Morgan fingerprint density at radius 2 is 1.42 bits per heavy atom. The molecule has 0 atom stereocenters. The van der Waals surface area contributed by atoms with Crippen LogP contribution in [0.3, 0.4) is 0 Å². The largest absolute Gasteiger partial charge is 0.416 e. The molecular formula is C31H28F6N6O2. The van der Waals surface area contributed by atoms with E-state index in [1.807, 2.05) is 14.1 Å². The molecule has 1 saturated heterocycles. The second-order valence-corrected chi connectivity index (χ2v) is 10.8. The summed E-state index contributed by atoms with van der Waals surface area (Å²) in [5.74, 6) is -0.142. The number of likely N-dealkylation sites (tertiary alicyclic amines) is 1. The van der Waals surface area contributed by atoms with E-state index in [0.717, 1.165) is 17.5 Å². The molecule has 236 valence electrons. The average molecular weight is 631 g/mol. The maximum atomic E-state index is 13.5. The summed E-state index contributed by atoms with van der Waals surface area (Å²) in [4.78, 5) is 30.5. The van der Waals surface area contributed by atoms with Gasteiger partial charge in [0.25, 0.3) is 11.5 Å². The van der Waals surface area contributed by atoms with Crippen LogP contribution in [0.15, 0.2) is 87.8 Å². The van der Waals surface area contributed by atoms with Crippen LogP contribution in [0.5, 0.6) is 0 Å². The smallest absolute Gasteiger partial charge is 0.339 e. The Bertz CT molecular complexity index is 1720. The molecule has 0 radical (unpaired) electrons. The van der Waals surface area contributed by atoms with E-state index < -0.39 is 34.7 Å². The molecule has 45 heavy (non-hydrogen) atoms. The van der Waals surface area contributed by atoms with E-state index in [9.17, 15) is 35.9 Å². The molecule has 1 aliphatic heterocycles. The van der Waals surface area contributed by atoms with Gasteiger partial charge in [0, 0.05) is 30.3 Å². The fourth-order valence-electron chi connectivity index (χ4n) is 5.13. The Morgan fingerprint density at radius 3 is 1.96 bits per heavy atom. The molecule has 3 aromatic carbocycles. The maximum absolute atomic E-state index is 13.5. The first kappa shape index (κ1) is 31.7. The number of H-pyrrole nitrogens is 1. The zero-order valence-corrected chi connectivity index (χ0v) is 24.2. The topological polar surface area (TPSA) is 86.1 Å². The summed E-state index contributed by atoms with van der Waals surface area (Å²) >= 11 is 0. The Labute approximate surface area is 253 Å². The highest BCUT2D eigenvalue weighted by Crippen LogP contribution is 2.39. The van der Waals surface area contributed by atoms with Crippen molar-refractivity contribution in [3.63, 3.8) is 0 Å². The van der Waals surface area contributed by atoms with Gasteiger partial charge in [-0.05, 0) is 69.4 Å². The highest BCUT2D eigenvalue weighted by Gasteiger charge is 2.37. The Kier molecular flexibility index (Phi) is 8.70. The van der Waals surface area contributed by atoms with Crippen LogP contribution in [0.1, 0.15) is 34.3 Å². The van der Waals surface area contributed by atoms with Crippen LogP contribution >= 0.6 is 0 Å². The van der Waals surface area contributed by atoms with Crippen LogP contribution in [0.4, 0.5) is 37.7 Å². The van der Waals surface area contributed by atoms with Crippen molar-refractivity contribution in [3.05, 3.63) is 99.8 Å². The molecule has 0 bridgehead atoms. The van der Waals surface area contributed by atoms with Crippen molar-refractivity contribution in [1.29, 1.82) is 0 Å². The first-order chi connectivity index (χ1) is 21.2. The first-order valence-corrected chi connectivity index (χ1v) is 13.9. The number of carbonyl (C=O) groups excluding carboxylic acids is 1. The molecule has 0 aliphatic carbocycles. The molecule has 1 aliphatic rings. The van der Waals surface area contributed by atoms with Crippen LogP contribution in [0.25, 0.3) is 16.9 Å². The quantitative estimate of drug-likeness (QED) is 0.177. The van der Waals surface area contributed by atoms with Gasteiger partial charge in [-0.3, -0.25) is 14.7 Å². The van der Waals surface area contributed by atoms with Crippen LogP contribution in [0, 0.1) is 0 Å². The Hall–Kier alpha value is -4.72. The van der Waals surface area contributed by atoms with Gasteiger partial charge in [0.1, 0.15) is 0 Å². The molecule has 8 nitrogen and oxygen atoms in total. The number of piperidine rings is 1. The van der Waals surface area contributed by atoms with Gasteiger partial charge >= 0.3 is 12.4 Å². The van der Waals surface area contributed by atoms with E-state index >= 15 is 0 Å². The van der Waals surface area contributed by atoms with Crippen molar-refractivity contribution in [1.82, 2.24) is 19.6 Å². The van der Waals surface area contributed by atoms with Crippen molar-refractivity contribution in [2.75, 3.05) is 27.2 Å². The number of aromatic amines is 1. The van der Waals surface area contributed by atoms with Crippen LogP contribution in [0.2, 0.25) is 0 Å². The van der Waals surface area contributed by atoms with Crippen LogP contribution < -0.4 is 5.56 Å². The third-order valence-corrected chi connectivity index (χ3v) is 7.62. The average Bonchev–Trinajstić information content (AvgIpc) is 3.35. The summed E-state index contributed by atoms with van der Waals surface area (Å²) in [6, 6.07) is 15.8. The lowest BCUT2D eigenvalue weighted by Crippen LogP contribution is -2.44. The molecule has 5 rings (SSSR count). The number of aromatic nitrogens is 2. The van der Waals surface area contributed by atoms with Crippen molar-refractivity contribution >= 4 is 17.3 Å². The summed E-state index contributed by atoms with van der Waals surface area (Å²) in [6.45, 7) is 1.23. The lowest BCUT2D eigenvalue weighted by Gasteiger charge is -2.35. The summed E-state index contributed by atoms with van der Waals surface area (Å²) < 4.78 is 81.2. The van der Waals surface area contributed by atoms with Gasteiger partial charge in [0.05, 0.1) is 28.2 Å². The molecule has 1 N–H and O–H groups in total. The zero-order chi connectivity index (χ0) is 32.5. The second-order valence-electron chi connectivity index (χ2n) is 10.8. The number of nitrogens with zero attached hydrogens (tertiary/aromatic N) is 5. The summed E-state index contributed by atoms with van der Waals surface area (Å²) in [7, 11) is 4.02. The SMILES string of the molecule is CN(C)C1CCN(C(=O)c2ccc(-n3[nH]c(-c4ccccc4)c(N=Nc4cc(C(F)(F)F)cc(C(F)(F)F)c4)c3=O)cc2)CC1. The number of benzene rings is 3. The van der Waals surface area contributed by atoms with Gasteiger partial charge in [-0.15, -0.1) is 5.11 Å². The van der Waals surface area contributed by atoms with Crippen LogP contribution in [-0.2, 0) is 12.4 Å². The summed E-state index contributed by atoms with van der Waals surface area (Å²) in [6.07, 6.45) is -8.44. The van der Waals surface area contributed by atoms with Gasteiger partial charge in [0.15, 0.2) is 5.69 Å². The number of rotatable bonds is 6. The lowest BCUT2D eigenvalue weighted by atomic mass is 10.0. The number of hydrogen-bond acceptors (Lipinski definition) is 5. The minimum absolute atomic E-state index is 0.0160.